The molecule has 2 aliphatic rings. The van der Waals surface area contributed by atoms with Crippen LogP contribution in [0.1, 0.15) is 76.7 Å². The third kappa shape index (κ3) is 5.51. The fraction of sp³-hybridized carbons (Fsp3) is 0.708. The third-order valence-corrected chi connectivity index (χ3v) is 8.78. The minimum absolute atomic E-state index is 0.0982. The van der Waals surface area contributed by atoms with E-state index in [9.17, 15) is 26.0 Å². The van der Waals surface area contributed by atoms with Crippen LogP contribution in [-0.2, 0) is 22.2 Å². The highest BCUT2D eigenvalue weighted by Crippen LogP contribution is 2.42. The Morgan fingerprint density at radius 3 is 2.34 bits per heavy atom. The molecule has 4 rings (SSSR count). The number of hydrogen-bond acceptors (Lipinski definition) is 3. The number of hydrogen-bond donors (Lipinski definition) is 1. The van der Waals surface area contributed by atoms with Gasteiger partial charge in [0.15, 0.2) is 0 Å². The first-order chi connectivity index (χ1) is 16.1. The van der Waals surface area contributed by atoms with E-state index in [1.54, 1.807) is 18.2 Å². The van der Waals surface area contributed by atoms with Gasteiger partial charge in [-0.25, -0.2) is 27.3 Å². The standard InChI is InChI=1S/C24H34F4N4O2S/c1-22(2,3)21-30-18-13-17(20-14-24(27,28)11-12-32(20)35(33,34)29-4)5-6-19(18)31(21)15-16-7-9-23(25,26)10-8-16/h5-6,13,16,20,29H,7-12,14-15H2,1-4H3. The second-order valence-corrected chi connectivity index (χ2v) is 12.8. The topological polar surface area (TPSA) is 67.2 Å². The van der Waals surface area contributed by atoms with Crippen LogP contribution in [0.15, 0.2) is 18.2 Å². The molecule has 1 saturated heterocycles. The molecule has 6 nitrogen and oxygen atoms in total. The van der Waals surface area contributed by atoms with Gasteiger partial charge in [-0.05, 0) is 36.5 Å². The average Bonchev–Trinajstić information content (AvgIpc) is 3.12. The number of imidazole rings is 1. The Hall–Kier alpha value is -1.72. The number of rotatable bonds is 5. The van der Waals surface area contributed by atoms with Gasteiger partial charge in [-0.15, -0.1) is 0 Å². The summed E-state index contributed by atoms with van der Waals surface area (Å²) in [7, 11) is -2.65. The molecule has 35 heavy (non-hydrogen) atoms. The minimum Gasteiger partial charge on any atom is -0.327 e. The molecule has 0 amide bonds. The van der Waals surface area contributed by atoms with Crippen LogP contribution in [0, 0.1) is 5.92 Å². The fourth-order valence-corrected chi connectivity index (χ4v) is 6.36. The number of alkyl halides is 4. The summed E-state index contributed by atoms with van der Waals surface area (Å²) in [6, 6.07) is 4.15. The largest absolute Gasteiger partial charge is 0.327 e. The van der Waals surface area contributed by atoms with E-state index in [0.717, 1.165) is 15.6 Å². The molecule has 2 heterocycles. The molecule has 2 aromatic rings. The SMILES string of the molecule is CNS(=O)(=O)N1CCC(F)(F)CC1c1ccc2c(c1)nc(C(C)(C)C)n2CC1CCC(F)(F)CC1. The maximum absolute atomic E-state index is 14.3. The molecule has 2 fully saturated rings. The summed E-state index contributed by atoms with van der Waals surface area (Å²) < 4.78 is 86.6. The Balaban J connectivity index is 1.73. The number of aromatic nitrogens is 2. The number of benzene rings is 1. The Labute approximate surface area is 204 Å². The Morgan fingerprint density at radius 1 is 1.09 bits per heavy atom. The van der Waals surface area contributed by atoms with Gasteiger partial charge in [-0.2, -0.15) is 12.7 Å². The summed E-state index contributed by atoms with van der Waals surface area (Å²) in [6.45, 7) is 6.32. The Bertz CT molecular complexity index is 1180. The minimum atomic E-state index is -3.91. The molecule has 1 aliphatic carbocycles. The molecule has 1 N–H and O–H groups in total. The number of fused-ring (bicyclic) bond motifs is 1. The van der Waals surface area contributed by atoms with Crippen molar-refractivity contribution in [2.24, 2.45) is 5.92 Å². The summed E-state index contributed by atoms with van der Waals surface area (Å²) in [4.78, 5) is 4.82. The first-order valence-electron chi connectivity index (χ1n) is 12.1. The third-order valence-electron chi connectivity index (χ3n) is 7.21. The second kappa shape index (κ2) is 8.99. The smallest absolute Gasteiger partial charge is 0.279 e. The van der Waals surface area contributed by atoms with Gasteiger partial charge in [0.05, 0.1) is 17.1 Å². The molecule has 1 saturated carbocycles. The summed E-state index contributed by atoms with van der Waals surface area (Å²) in [5, 5.41) is 0. The van der Waals surface area contributed by atoms with Gasteiger partial charge in [0.2, 0.25) is 5.92 Å². The van der Waals surface area contributed by atoms with Crippen LogP contribution in [0.4, 0.5) is 17.6 Å². The summed E-state index contributed by atoms with van der Waals surface area (Å²) in [5.41, 5.74) is 1.50. The normalized spacial score (nSPS) is 24.2. The highest BCUT2D eigenvalue weighted by atomic mass is 32.2. The van der Waals surface area contributed by atoms with Crippen LogP contribution in [0.5, 0.6) is 0 Å². The predicted molar refractivity (Wildman–Crippen MR) is 127 cm³/mol. The average molecular weight is 519 g/mol. The van der Waals surface area contributed by atoms with Crippen LogP contribution >= 0.6 is 0 Å². The van der Waals surface area contributed by atoms with Crippen LogP contribution in [0.2, 0.25) is 0 Å². The Morgan fingerprint density at radius 2 is 1.74 bits per heavy atom. The molecule has 0 radical (unpaired) electrons. The number of nitrogens with zero attached hydrogens (tertiary/aromatic N) is 3. The van der Waals surface area contributed by atoms with Gasteiger partial charge in [0, 0.05) is 51.2 Å². The zero-order valence-corrected chi connectivity index (χ0v) is 21.4. The monoisotopic (exact) mass is 518 g/mol. The van der Waals surface area contributed by atoms with E-state index in [2.05, 4.69) is 9.29 Å². The first-order valence-corrected chi connectivity index (χ1v) is 13.5. The van der Waals surface area contributed by atoms with Crippen molar-refractivity contribution in [1.82, 2.24) is 18.6 Å². The van der Waals surface area contributed by atoms with Gasteiger partial charge in [0.25, 0.3) is 16.1 Å². The number of piperidine rings is 1. The number of nitrogens with one attached hydrogen (secondary N) is 1. The molecular weight excluding hydrogens is 484 g/mol. The van der Waals surface area contributed by atoms with E-state index in [-0.39, 0.29) is 30.7 Å². The highest BCUT2D eigenvalue weighted by Gasteiger charge is 2.45. The van der Waals surface area contributed by atoms with Crippen molar-refractivity contribution >= 4 is 21.2 Å². The van der Waals surface area contributed by atoms with Crippen molar-refractivity contribution in [1.29, 1.82) is 0 Å². The van der Waals surface area contributed by atoms with Gasteiger partial charge in [-0.1, -0.05) is 26.8 Å². The van der Waals surface area contributed by atoms with Gasteiger partial charge in [-0.3, -0.25) is 0 Å². The van der Waals surface area contributed by atoms with Crippen molar-refractivity contribution in [2.45, 2.75) is 89.1 Å². The quantitative estimate of drug-likeness (QED) is 0.540. The molecular formula is C24H34F4N4O2S. The maximum Gasteiger partial charge on any atom is 0.279 e. The van der Waals surface area contributed by atoms with E-state index in [1.807, 2.05) is 20.8 Å². The molecule has 0 spiro atoms. The molecule has 1 aliphatic heterocycles. The highest BCUT2D eigenvalue weighted by molar-refractivity contribution is 7.87. The van der Waals surface area contributed by atoms with Crippen LogP contribution in [-0.4, -0.2) is 47.7 Å². The summed E-state index contributed by atoms with van der Waals surface area (Å²) >= 11 is 0. The van der Waals surface area contributed by atoms with Crippen molar-refractivity contribution in [2.75, 3.05) is 13.6 Å². The van der Waals surface area contributed by atoms with Gasteiger partial charge < -0.3 is 4.57 Å². The predicted octanol–water partition coefficient (Wildman–Crippen LogP) is 5.40. The van der Waals surface area contributed by atoms with Crippen LogP contribution in [0.25, 0.3) is 11.0 Å². The van der Waals surface area contributed by atoms with Crippen molar-refractivity contribution in [3.05, 3.63) is 29.6 Å². The number of halogens is 4. The van der Waals surface area contributed by atoms with Crippen molar-refractivity contribution in [3.63, 3.8) is 0 Å². The van der Waals surface area contributed by atoms with Crippen molar-refractivity contribution < 1.29 is 26.0 Å². The van der Waals surface area contributed by atoms with E-state index < -0.39 is 40.9 Å². The Kier molecular flexibility index (Phi) is 6.77. The summed E-state index contributed by atoms with van der Waals surface area (Å²) in [6.07, 6.45) is -0.515. The van der Waals surface area contributed by atoms with E-state index in [4.69, 9.17) is 4.98 Å². The zero-order chi connectivity index (χ0) is 25.8. The lowest BCUT2D eigenvalue weighted by Gasteiger charge is -2.38. The molecule has 1 unspecified atom stereocenters. The molecule has 11 heteroatoms. The lowest BCUT2D eigenvalue weighted by Crippen LogP contribution is -2.48. The second-order valence-electron chi connectivity index (χ2n) is 11.0. The maximum atomic E-state index is 14.3. The molecule has 1 atom stereocenters. The van der Waals surface area contributed by atoms with E-state index >= 15 is 0 Å². The van der Waals surface area contributed by atoms with Crippen molar-refractivity contribution in [3.8, 4) is 0 Å². The van der Waals surface area contributed by atoms with Crippen LogP contribution < -0.4 is 4.72 Å². The fourth-order valence-electron chi connectivity index (χ4n) is 5.26. The molecule has 1 aromatic carbocycles. The zero-order valence-electron chi connectivity index (χ0n) is 20.6. The molecule has 196 valence electrons. The van der Waals surface area contributed by atoms with E-state index in [0.29, 0.717) is 30.5 Å². The van der Waals surface area contributed by atoms with E-state index in [1.165, 1.54) is 7.05 Å². The molecule has 1 aromatic heterocycles. The molecule has 0 bridgehead atoms. The van der Waals surface area contributed by atoms with Gasteiger partial charge >= 0.3 is 0 Å². The van der Waals surface area contributed by atoms with Crippen LogP contribution in [0.3, 0.4) is 0 Å². The summed E-state index contributed by atoms with van der Waals surface area (Å²) in [5.74, 6) is -4.69. The first kappa shape index (κ1) is 26.3. The lowest BCUT2D eigenvalue weighted by molar-refractivity contribution is -0.0607. The van der Waals surface area contributed by atoms with Gasteiger partial charge in [0.1, 0.15) is 5.82 Å². The lowest BCUT2D eigenvalue weighted by atomic mass is 9.86.